The van der Waals surface area contributed by atoms with Crippen LogP contribution in [0.25, 0.3) is 0 Å². The quantitative estimate of drug-likeness (QED) is 0.512. The van der Waals surface area contributed by atoms with E-state index in [-0.39, 0.29) is 17.4 Å². The lowest BCUT2D eigenvalue weighted by Crippen LogP contribution is -2.21. The summed E-state index contributed by atoms with van der Waals surface area (Å²) in [4.78, 5) is 14.2. The molecule has 0 saturated heterocycles. The van der Waals surface area contributed by atoms with Gasteiger partial charge in [0, 0.05) is 0 Å². The average molecular weight is 263 g/mol. The standard InChI is InChI=1S/C13H17N3O3/c1-9-4-2-3-5-10(9)8-19-13-7-11(16(17)18)6-12(14)15-13/h2-3,6-7,9-10H,4-5,8H2,1H3,(H2,14,15). The second-order valence-electron chi connectivity index (χ2n) is 4.84. The van der Waals surface area contributed by atoms with Gasteiger partial charge in [-0.2, -0.15) is 4.98 Å². The molecule has 1 aromatic rings. The van der Waals surface area contributed by atoms with E-state index in [0.29, 0.717) is 18.4 Å². The average Bonchev–Trinajstić information content (AvgIpc) is 2.37. The highest BCUT2D eigenvalue weighted by molar-refractivity contribution is 5.45. The number of allylic oxidation sites excluding steroid dienone is 2. The molecule has 1 heterocycles. The predicted molar refractivity (Wildman–Crippen MR) is 71.8 cm³/mol. The second-order valence-corrected chi connectivity index (χ2v) is 4.84. The van der Waals surface area contributed by atoms with Gasteiger partial charge in [-0.15, -0.1) is 0 Å². The number of nitrogens with two attached hydrogens (primary N) is 1. The summed E-state index contributed by atoms with van der Waals surface area (Å²) in [6.07, 6.45) is 6.32. The van der Waals surface area contributed by atoms with Crippen LogP contribution in [0, 0.1) is 22.0 Å². The first-order chi connectivity index (χ1) is 9.06. The number of nitrogens with zero attached hydrogens (tertiary/aromatic N) is 2. The van der Waals surface area contributed by atoms with Crippen molar-refractivity contribution < 1.29 is 9.66 Å². The van der Waals surface area contributed by atoms with E-state index < -0.39 is 4.92 Å². The zero-order chi connectivity index (χ0) is 13.8. The van der Waals surface area contributed by atoms with Crippen LogP contribution in [0.1, 0.15) is 19.8 Å². The maximum absolute atomic E-state index is 10.7. The molecular formula is C13H17N3O3. The molecule has 2 rings (SSSR count). The van der Waals surface area contributed by atoms with E-state index in [1.165, 1.54) is 12.1 Å². The molecule has 1 aliphatic carbocycles. The Morgan fingerprint density at radius 1 is 1.47 bits per heavy atom. The lowest BCUT2D eigenvalue weighted by atomic mass is 9.85. The van der Waals surface area contributed by atoms with Crippen molar-refractivity contribution in [3.63, 3.8) is 0 Å². The van der Waals surface area contributed by atoms with Crippen LogP contribution in [0.4, 0.5) is 11.5 Å². The van der Waals surface area contributed by atoms with Crippen molar-refractivity contribution >= 4 is 11.5 Å². The zero-order valence-corrected chi connectivity index (χ0v) is 10.8. The Hall–Kier alpha value is -2.11. The summed E-state index contributed by atoms with van der Waals surface area (Å²) in [7, 11) is 0. The van der Waals surface area contributed by atoms with Crippen LogP contribution in [0.3, 0.4) is 0 Å². The molecule has 0 amide bonds. The van der Waals surface area contributed by atoms with Gasteiger partial charge in [-0.3, -0.25) is 10.1 Å². The molecule has 0 aliphatic heterocycles. The molecule has 2 atom stereocenters. The summed E-state index contributed by atoms with van der Waals surface area (Å²) in [6.45, 7) is 2.67. The van der Waals surface area contributed by atoms with Gasteiger partial charge in [-0.05, 0) is 24.7 Å². The minimum absolute atomic E-state index is 0.0980. The Bertz CT molecular complexity index is 502. The monoisotopic (exact) mass is 263 g/mol. The number of ether oxygens (including phenoxy) is 1. The largest absolute Gasteiger partial charge is 0.477 e. The van der Waals surface area contributed by atoms with E-state index >= 15 is 0 Å². The van der Waals surface area contributed by atoms with Crippen LogP contribution in [0.5, 0.6) is 5.88 Å². The number of hydrogen-bond acceptors (Lipinski definition) is 5. The van der Waals surface area contributed by atoms with Crippen molar-refractivity contribution in [1.82, 2.24) is 4.98 Å². The first-order valence-corrected chi connectivity index (χ1v) is 6.26. The summed E-state index contributed by atoms with van der Waals surface area (Å²) < 4.78 is 5.56. The fourth-order valence-corrected chi connectivity index (χ4v) is 2.12. The number of anilines is 1. The third kappa shape index (κ3) is 3.43. The molecule has 6 nitrogen and oxygen atoms in total. The highest BCUT2D eigenvalue weighted by Gasteiger charge is 2.19. The van der Waals surface area contributed by atoms with Crippen molar-refractivity contribution in [1.29, 1.82) is 0 Å². The molecule has 0 fully saturated rings. The van der Waals surface area contributed by atoms with Crippen molar-refractivity contribution in [2.45, 2.75) is 19.8 Å². The maximum atomic E-state index is 10.7. The van der Waals surface area contributed by atoms with Crippen molar-refractivity contribution in [2.75, 3.05) is 12.3 Å². The summed E-state index contributed by atoms with van der Waals surface area (Å²) in [5, 5.41) is 10.7. The molecule has 2 N–H and O–H groups in total. The molecule has 0 bridgehead atoms. The Morgan fingerprint density at radius 2 is 2.21 bits per heavy atom. The van der Waals surface area contributed by atoms with Crippen LogP contribution >= 0.6 is 0 Å². The van der Waals surface area contributed by atoms with E-state index in [2.05, 4.69) is 24.1 Å². The highest BCUT2D eigenvalue weighted by Crippen LogP contribution is 2.26. The van der Waals surface area contributed by atoms with Gasteiger partial charge in [-0.25, -0.2) is 0 Å². The minimum Gasteiger partial charge on any atom is -0.477 e. The molecule has 102 valence electrons. The minimum atomic E-state index is -0.503. The number of nitrogen functional groups attached to an aromatic ring is 1. The Morgan fingerprint density at radius 3 is 2.89 bits per heavy atom. The predicted octanol–water partition coefficient (Wildman–Crippen LogP) is 2.55. The lowest BCUT2D eigenvalue weighted by molar-refractivity contribution is -0.384. The smallest absolute Gasteiger partial charge is 0.278 e. The van der Waals surface area contributed by atoms with E-state index in [9.17, 15) is 10.1 Å². The van der Waals surface area contributed by atoms with Gasteiger partial charge < -0.3 is 10.5 Å². The Labute approximate surface area is 111 Å². The number of aromatic nitrogens is 1. The molecule has 2 unspecified atom stereocenters. The Balaban J connectivity index is 2.03. The fourth-order valence-electron chi connectivity index (χ4n) is 2.12. The molecule has 6 heteroatoms. The van der Waals surface area contributed by atoms with Gasteiger partial charge in [-0.1, -0.05) is 19.1 Å². The van der Waals surface area contributed by atoms with Crippen molar-refractivity contribution in [3.05, 3.63) is 34.4 Å². The first-order valence-electron chi connectivity index (χ1n) is 6.26. The SMILES string of the molecule is CC1CC=CCC1COc1cc([N+](=O)[O-])cc(N)n1. The summed E-state index contributed by atoms with van der Waals surface area (Å²) >= 11 is 0. The number of pyridine rings is 1. The number of hydrogen-bond donors (Lipinski definition) is 1. The molecule has 1 aliphatic rings. The maximum Gasteiger partial charge on any atom is 0.278 e. The van der Waals surface area contributed by atoms with Gasteiger partial charge in [0.1, 0.15) is 5.82 Å². The van der Waals surface area contributed by atoms with Gasteiger partial charge in [0.05, 0.1) is 23.7 Å². The second kappa shape index (κ2) is 5.69. The molecule has 19 heavy (non-hydrogen) atoms. The molecule has 0 radical (unpaired) electrons. The highest BCUT2D eigenvalue weighted by atomic mass is 16.6. The Kier molecular flexibility index (Phi) is 3.99. The fraction of sp³-hybridized carbons (Fsp3) is 0.462. The van der Waals surface area contributed by atoms with Crippen LogP contribution in [0.15, 0.2) is 24.3 Å². The van der Waals surface area contributed by atoms with E-state index in [4.69, 9.17) is 10.5 Å². The zero-order valence-electron chi connectivity index (χ0n) is 10.8. The topological polar surface area (TPSA) is 91.3 Å². The van der Waals surface area contributed by atoms with E-state index in [1.807, 2.05) is 0 Å². The van der Waals surface area contributed by atoms with Gasteiger partial charge >= 0.3 is 0 Å². The molecule has 1 aromatic heterocycles. The summed E-state index contributed by atoms with van der Waals surface area (Å²) in [6, 6.07) is 2.53. The van der Waals surface area contributed by atoms with Gasteiger partial charge in [0.2, 0.25) is 5.88 Å². The third-order valence-corrected chi connectivity index (χ3v) is 3.38. The van der Waals surface area contributed by atoms with E-state index in [0.717, 1.165) is 12.8 Å². The molecule has 0 saturated carbocycles. The number of rotatable bonds is 4. The van der Waals surface area contributed by atoms with Gasteiger partial charge in [0.25, 0.3) is 5.69 Å². The van der Waals surface area contributed by atoms with Crippen molar-refractivity contribution in [3.8, 4) is 5.88 Å². The van der Waals surface area contributed by atoms with Gasteiger partial charge in [0.15, 0.2) is 0 Å². The first kappa shape index (κ1) is 13.3. The third-order valence-electron chi connectivity index (χ3n) is 3.38. The van der Waals surface area contributed by atoms with Crippen LogP contribution in [0.2, 0.25) is 0 Å². The molecule has 0 aromatic carbocycles. The normalized spacial score (nSPS) is 22.2. The number of nitro groups is 1. The van der Waals surface area contributed by atoms with Crippen LogP contribution < -0.4 is 10.5 Å². The lowest BCUT2D eigenvalue weighted by Gasteiger charge is -2.24. The summed E-state index contributed by atoms with van der Waals surface area (Å²) in [5.74, 6) is 1.27. The summed E-state index contributed by atoms with van der Waals surface area (Å²) in [5.41, 5.74) is 5.43. The van der Waals surface area contributed by atoms with E-state index in [1.54, 1.807) is 0 Å². The molecule has 0 spiro atoms. The van der Waals surface area contributed by atoms with Crippen LogP contribution in [-0.4, -0.2) is 16.5 Å². The molecular weight excluding hydrogens is 246 g/mol. The van der Waals surface area contributed by atoms with Crippen LogP contribution in [-0.2, 0) is 0 Å². The van der Waals surface area contributed by atoms with Crippen molar-refractivity contribution in [2.24, 2.45) is 11.8 Å².